The average molecular weight is 307 g/mol. The highest BCUT2D eigenvalue weighted by molar-refractivity contribution is 7.80. The zero-order chi connectivity index (χ0) is 16.0. The fourth-order valence-corrected chi connectivity index (χ4v) is 2.03. The molecular weight excluding hydrogens is 282 g/mol. The minimum absolute atomic E-state index is 0.0456. The lowest BCUT2D eigenvalue weighted by Gasteiger charge is -2.21. The van der Waals surface area contributed by atoms with Crippen LogP contribution in [0.5, 0.6) is 0 Å². The summed E-state index contributed by atoms with van der Waals surface area (Å²) < 4.78 is 0. The molecule has 0 spiro atoms. The molecule has 3 N–H and O–H groups in total. The van der Waals surface area contributed by atoms with Crippen molar-refractivity contribution in [2.45, 2.75) is 33.4 Å². The highest BCUT2D eigenvalue weighted by atomic mass is 32.1. The molecule has 1 amide bonds. The highest BCUT2D eigenvalue weighted by Gasteiger charge is 2.12. The Kier molecular flexibility index (Phi) is 6.78. The average Bonchev–Trinajstić information content (AvgIpc) is 2.38. The number of amides is 1. The second-order valence-corrected chi connectivity index (χ2v) is 6.28. The van der Waals surface area contributed by atoms with E-state index in [2.05, 4.69) is 19.2 Å². The molecule has 0 saturated carbocycles. The molecule has 0 aliphatic heterocycles. The maximum Gasteiger partial charge on any atom is 0.234 e. The zero-order valence-corrected chi connectivity index (χ0v) is 14.0. The number of carbonyl (C=O) groups is 1. The molecule has 0 heterocycles. The van der Waals surface area contributed by atoms with Crippen LogP contribution in [-0.4, -0.2) is 35.4 Å². The Balaban J connectivity index is 2.53. The van der Waals surface area contributed by atoms with Gasteiger partial charge in [-0.25, -0.2) is 0 Å². The van der Waals surface area contributed by atoms with Crippen molar-refractivity contribution in [1.29, 1.82) is 0 Å². The van der Waals surface area contributed by atoms with E-state index in [1.807, 2.05) is 43.1 Å². The molecule has 0 radical (unpaired) electrons. The maximum atomic E-state index is 11.9. The summed E-state index contributed by atoms with van der Waals surface area (Å²) in [5.74, 6) is 0.478. The highest BCUT2D eigenvalue weighted by Crippen LogP contribution is 2.08. The van der Waals surface area contributed by atoms with Gasteiger partial charge < -0.3 is 11.1 Å². The fourth-order valence-electron chi connectivity index (χ4n) is 1.90. The summed E-state index contributed by atoms with van der Waals surface area (Å²) in [5.41, 5.74) is 7.58. The lowest BCUT2D eigenvalue weighted by atomic mass is 10.1. The van der Waals surface area contributed by atoms with Gasteiger partial charge in [-0.15, -0.1) is 0 Å². The molecule has 1 aromatic rings. The number of nitrogens with zero attached hydrogens (tertiary/aromatic N) is 1. The molecule has 1 aromatic carbocycles. The summed E-state index contributed by atoms with van der Waals surface area (Å²) in [6, 6.07) is 7.98. The van der Waals surface area contributed by atoms with Gasteiger partial charge in [0, 0.05) is 18.2 Å². The van der Waals surface area contributed by atoms with Crippen molar-refractivity contribution in [2.75, 3.05) is 13.6 Å². The van der Waals surface area contributed by atoms with Crippen LogP contribution in [0, 0.1) is 5.92 Å². The van der Waals surface area contributed by atoms with Crippen molar-refractivity contribution in [3.8, 4) is 0 Å². The van der Waals surface area contributed by atoms with Crippen LogP contribution in [0.3, 0.4) is 0 Å². The van der Waals surface area contributed by atoms with Gasteiger partial charge in [-0.3, -0.25) is 9.69 Å². The van der Waals surface area contributed by atoms with Gasteiger partial charge in [0.2, 0.25) is 5.91 Å². The SMILES string of the molecule is CC(C)C(C)NC(=O)CN(C)Cc1cccc(C(N)=S)c1. The number of rotatable bonds is 7. The summed E-state index contributed by atoms with van der Waals surface area (Å²) in [4.78, 5) is 14.3. The smallest absolute Gasteiger partial charge is 0.234 e. The van der Waals surface area contributed by atoms with Gasteiger partial charge >= 0.3 is 0 Å². The third-order valence-electron chi connectivity index (χ3n) is 3.47. The van der Waals surface area contributed by atoms with Crippen LogP contribution >= 0.6 is 12.2 Å². The molecule has 0 aromatic heterocycles. The monoisotopic (exact) mass is 307 g/mol. The maximum absolute atomic E-state index is 11.9. The first-order chi connectivity index (χ1) is 9.79. The standard InChI is InChI=1S/C16H25N3OS/c1-11(2)12(3)18-15(20)10-19(4)9-13-6-5-7-14(8-13)16(17)21/h5-8,11-12H,9-10H2,1-4H3,(H2,17,21)(H,18,20). The molecule has 21 heavy (non-hydrogen) atoms. The number of nitrogens with one attached hydrogen (secondary N) is 1. The number of carbonyl (C=O) groups excluding carboxylic acids is 1. The number of likely N-dealkylation sites (N-methyl/N-ethyl adjacent to an activating group) is 1. The zero-order valence-electron chi connectivity index (χ0n) is 13.2. The molecule has 4 nitrogen and oxygen atoms in total. The number of hydrogen-bond acceptors (Lipinski definition) is 3. The Morgan fingerprint density at radius 3 is 2.62 bits per heavy atom. The molecule has 1 unspecified atom stereocenters. The normalized spacial score (nSPS) is 12.5. The van der Waals surface area contributed by atoms with Gasteiger partial charge in [-0.05, 0) is 31.5 Å². The minimum atomic E-state index is 0.0456. The summed E-state index contributed by atoms with van der Waals surface area (Å²) in [6.07, 6.45) is 0. The van der Waals surface area contributed by atoms with Crippen molar-refractivity contribution in [2.24, 2.45) is 11.7 Å². The summed E-state index contributed by atoms with van der Waals surface area (Å²) >= 11 is 4.98. The molecule has 0 bridgehead atoms. The van der Waals surface area contributed by atoms with Crippen LogP contribution in [-0.2, 0) is 11.3 Å². The first kappa shape index (κ1) is 17.6. The van der Waals surface area contributed by atoms with E-state index in [4.69, 9.17) is 18.0 Å². The predicted octanol–water partition coefficient (Wildman–Crippen LogP) is 1.91. The lowest BCUT2D eigenvalue weighted by Crippen LogP contribution is -2.41. The van der Waals surface area contributed by atoms with Gasteiger partial charge in [0.1, 0.15) is 4.99 Å². The molecule has 0 saturated heterocycles. The third-order valence-corrected chi connectivity index (χ3v) is 3.70. The fraction of sp³-hybridized carbons (Fsp3) is 0.500. The second-order valence-electron chi connectivity index (χ2n) is 5.84. The molecule has 0 aliphatic rings. The van der Waals surface area contributed by atoms with Crippen molar-refractivity contribution in [1.82, 2.24) is 10.2 Å². The molecule has 0 aliphatic carbocycles. The van der Waals surface area contributed by atoms with Crippen molar-refractivity contribution in [3.63, 3.8) is 0 Å². The third kappa shape index (κ3) is 6.23. The lowest BCUT2D eigenvalue weighted by molar-refractivity contribution is -0.122. The minimum Gasteiger partial charge on any atom is -0.389 e. The van der Waals surface area contributed by atoms with Crippen LogP contribution in [0.2, 0.25) is 0 Å². The van der Waals surface area contributed by atoms with E-state index in [-0.39, 0.29) is 11.9 Å². The Hall–Kier alpha value is -1.46. The number of hydrogen-bond donors (Lipinski definition) is 2. The molecule has 0 fully saturated rings. The van der Waals surface area contributed by atoms with Gasteiger partial charge in [0.05, 0.1) is 6.54 Å². The summed E-state index contributed by atoms with van der Waals surface area (Å²) in [5, 5.41) is 3.00. The molecule has 1 atom stereocenters. The van der Waals surface area contributed by atoms with Gasteiger partial charge in [0.25, 0.3) is 0 Å². The van der Waals surface area contributed by atoms with Gasteiger partial charge in [-0.2, -0.15) is 0 Å². The van der Waals surface area contributed by atoms with E-state index in [1.54, 1.807) is 0 Å². The number of nitrogens with two attached hydrogens (primary N) is 1. The topological polar surface area (TPSA) is 58.4 Å². The Morgan fingerprint density at radius 1 is 1.38 bits per heavy atom. The number of thiocarbonyl (C=S) groups is 1. The second kappa shape index (κ2) is 8.10. The van der Waals surface area contributed by atoms with Crippen LogP contribution in [0.25, 0.3) is 0 Å². The van der Waals surface area contributed by atoms with Crippen molar-refractivity contribution in [3.05, 3.63) is 35.4 Å². The predicted molar refractivity (Wildman–Crippen MR) is 91.1 cm³/mol. The van der Waals surface area contributed by atoms with Crippen LogP contribution < -0.4 is 11.1 Å². The van der Waals surface area contributed by atoms with Crippen LogP contribution in [0.4, 0.5) is 0 Å². The quantitative estimate of drug-likeness (QED) is 0.756. The Labute approximate surface area is 132 Å². The van der Waals surface area contributed by atoms with E-state index >= 15 is 0 Å². The Bertz CT molecular complexity index is 502. The van der Waals surface area contributed by atoms with E-state index < -0.39 is 0 Å². The largest absolute Gasteiger partial charge is 0.389 e. The van der Waals surface area contributed by atoms with Crippen molar-refractivity contribution < 1.29 is 4.79 Å². The van der Waals surface area contributed by atoms with Gasteiger partial charge in [-0.1, -0.05) is 44.3 Å². The Morgan fingerprint density at radius 2 is 2.05 bits per heavy atom. The molecule has 1 rings (SSSR count). The van der Waals surface area contributed by atoms with Gasteiger partial charge in [0.15, 0.2) is 0 Å². The molecular formula is C16H25N3OS. The number of benzene rings is 1. The summed E-state index contributed by atoms with van der Waals surface area (Å²) in [7, 11) is 1.92. The van der Waals surface area contributed by atoms with E-state index in [0.29, 0.717) is 24.0 Å². The van der Waals surface area contributed by atoms with Crippen LogP contribution in [0.1, 0.15) is 31.9 Å². The van der Waals surface area contributed by atoms with E-state index in [1.165, 1.54) is 0 Å². The first-order valence-electron chi connectivity index (χ1n) is 7.16. The molecule has 116 valence electrons. The summed E-state index contributed by atoms with van der Waals surface area (Å²) in [6.45, 7) is 7.26. The first-order valence-corrected chi connectivity index (χ1v) is 7.57. The van der Waals surface area contributed by atoms with Crippen LogP contribution in [0.15, 0.2) is 24.3 Å². The van der Waals surface area contributed by atoms with E-state index in [9.17, 15) is 4.79 Å². The van der Waals surface area contributed by atoms with Crippen molar-refractivity contribution >= 4 is 23.1 Å². The molecule has 5 heteroatoms. The van der Waals surface area contributed by atoms with E-state index in [0.717, 1.165) is 11.1 Å².